The van der Waals surface area contributed by atoms with Gasteiger partial charge in [0.15, 0.2) is 6.29 Å². The first-order valence-electron chi connectivity index (χ1n) is 5.57. The molecule has 1 heterocycles. The number of aromatic nitrogens is 1. The van der Waals surface area contributed by atoms with Gasteiger partial charge in [-0.3, -0.25) is 14.9 Å². The Morgan fingerprint density at radius 1 is 1.50 bits per heavy atom. The van der Waals surface area contributed by atoms with Gasteiger partial charge >= 0.3 is 0 Å². The normalized spacial score (nSPS) is 12.2. The lowest BCUT2D eigenvalue weighted by Crippen LogP contribution is -2.43. The van der Waals surface area contributed by atoms with Gasteiger partial charge in [-0.25, -0.2) is 4.98 Å². The number of nitrogens with one attached hydrogen (secondary N) is 1. The molecule has 0 bridgehead atoms. The number of hydrogen-bond acceptors (Lipinski definition) is 6. The molecule has 0 aliphatic rings. The lowest BCUT2D eigenvalue weighted by molar-refractivity contribution is -0.385. The van der Waals surface area contributed by atoms with E-state index < -0.39 is 23.2 Å². The van der Waals surface area contributed by atoms with Crippen LogP contribution in [0.2, 0.25) is 5.15 Å². The van der Waals surface area contributed by atoms with Gasteiger partial charge < -0.3 is 14.8 Å². The number of nitro groups is 1. The van der Waals surface area contributed by atoms with Gasteiger partial charge in [-0.15, -0.1) is 0 Å². The first-order chi connectivity index (χ1) is 9.40. The molecule has 0 saturated carbocycles. The highest BCUT2D eigenvalue weighted by Crippen LogP contribution is 2.19. The van der Waals surface area contributed by atoms with E-state index in [9.17, 15) is 14.9 Å². The molecule has 0 fully saturated rings. The number of amides is 1. The van der Waals surface area contributed by atoms with Gasteiger partial charge in [0.25, 0.3) is 11.6 Å². The number of methoxy groups -OCH3 is 2. The van der Waals surface area contributed by atoms with E-state index in [1.807, 2.05) is 0 Å². The van der Waals surface area contributed by atoms with Gasteiger partial charge in [0, 0.05) is 20.3 Å². The average molecular weight is 304 g/mol. The second-order valence-electron chi connectivity index (χ2n) is 3.89. The van der Waals surface area contributed by atoms with Crippen LogP contribution in [0.3, 0.4) is 0 Å². The third-order valence-corrected chi connectivity index (χ3v) is 2.81. The Morgan fingerprint density at radius 3 is 2.60 bits per heavy atom. The molecule has 1 aromatic heterocycles. The summed E-state index contributed by atoms with van der Waals surface area (Å²) in [4.78, 5) is 25.6. The Kier molecular flexibility index (Phi) is 5.81. The van der Waals surface area contributed by atoms with Crippen molar-refractivity contribution in [2.45, 2.75) is 19.3 Å². The number of carbonyl (C=O) groups excluding carboxylic acids is 1. The highest BCUT2D eigenvalue weighted by molar-refractivity contribution is 6.32. The van der Waals surface area contributed by atoms with Crippen LogP contribution in [0.1, 0.15) is 17.3 Å². The quantitative estimate of drug-likeness (QED) is 0.368. The largest absolute Gasteiger partial charge is 0.354 e. The molecule has 1 N–H and O–H groups in total. The molecule has 20 heavy (non-hydrogen) atoms. The van der Waals surface area contributed by atoms with E-state index in [0.717, 1.165) is 12.3 Å². The summed E-state index contributed by atoms with van der Waals surface area (Å²) in [6, 6.07) is 0.583. The van der Waals surface area contributed by atoms with Gasteiger partial charge in [-0.1, -0.05) is 11.6 Å². The molecule has 0 saturated heterocycles. The number of ether oxygens (including phenoxy) is 2. The number of halogens is 1. The van der Waals surface area contributed by atoms with Gasteiger partial charge in [0.05, 0.1) is 16.5 Å². The molecule has 0 radical (unpaired) electrons. The van der Waals surface area contributed by atoms with Crippen LogP contribution in [0.4, 0.5) is 5.69 Å². The number of carbonyl (C=O) groups is 1. The number of rotatable bonds is 6. The smallest absolute Gasteiger partial charge is 0.288 e. The second-order valence-corrected chi connectivity index (χ2v) is 4.25. The van der Waals surface area contributed by atoms with Crippen LogP contribution in [0.15, 0.2) is 12.3 Å². The second kappa shape index (κ2) is 7.13. The van der Waals surface area contributed by atoms with Crippen LogP contribution in [0.5, 0.6) is 0 Å². The van der Waals surface area contributed by atoms with Crippen molar-refractivity contribution in [3.63, 3.8) is 0 Å². The zero-order valence-electron chi connectivity index (χ0n) is 11.1. The zero-order valence-corrected chi connectivity index (χ0v) is 11.9. The third kappa shape index (κ3) is 3.86. The minimum absolute atomic E-state index is 0.0846. The zero-order chi connectivity index (χ0) is 15.3. The fourth-order valence-electron chi connectivity index (χ4n) is 1.55. The molecule has 0 aliphatic heterocycles. The summed E-state index contributed by atoms with van der Waals surface area (Å²) in [7, 11) is 2.86. The summed E-state index contributed by atoms with van der Waals surface area (Å²) in [6.07, 6.45) is 0.333. The Hall–Kier alpha value is -1.77. The molecule has 1 rings (SSSR count). The fraction of sp³-hybridized carbons (Fsp3) is 0.455. The molecule has 8 nitrogen and oxygen atoms in total. The Morgan fingerprint density at radius 2 is 2.10 bits per heavy atom. The van der Waals surface area contributed by atoms with Crippen molar-refractivity contribution in [3.8, 4) is 0 Å². The van der Waals surface area contributed by atoms with Crippen LogP contribution in [0, 0.1) is 10.1 Å². The predicted molar refractivity (Wildman–Crippen MR) is 70.6 cm³/mol. The van der Waals surface area contributed by atoms with E-state index in [2.05, 4.69) is 10.3 Å². The van der Waals surface area contributed by atoms with Gasteiger partial charge in [-0.05, 0) is 6.92 Å². The lowest BCUT2D eigenvalue weighted by atomic mass is 10.2. The topological polar surface area (TPSA) is 104 Å². The van der Waals surface area contributed by atoms with E-state index in [0.29, 0.717) is 0 Å². The summed E-state index contributed by atoms with van der Waals surface area (Å²) in [5, 5.41) is 13.1. The van der Waals surface area contributed by atoms with E-state index in [-0.39, 0.29) is 16.4 Å². The van der Waals surface area contributed by atoms with E-state index in [1.54, 1.807) is 6.92 Å². The summed E-state index contributed by atoms with van der Waals surface area (Å²) >= 11 is 5.77. The predicted octanol–water partition coefficient (Wildman–Crippen LogP) is 1.38. The minimum Gasteiger partial charge on any atom is -0.354 e. The van der Waals surface area contributed by atoms with Crippen molar-refractivity contribution in [1.82, 2.24) is 10.3 Å². The maximum absolute atomic E-state index is 12.0. The Labute approximate surface area is 120 Å². The molecule has 1 aromatic rings. The molecule has 1 amide bonds. The van der Waals surface area contributed by atoms with Crippen molar-refractivity contribution >= 4 is 23.2 Å². The SMILES string of the molecule is COC(OC)C(C)NC(=O)c1cc([N+](=O)[O-])cnc1Cl. The highest BCUT2D eigenvalue weighted by Gasteiger charge is 2.22. The number of nitrogens with zero attached hydrogens (tertiary/aromatic N) is 2. The van der Waals surface area contributed by atoms with Crippen molar-refractivity contribution in [3.05, 3.63) is 33.1 Å². The number of hydrogen-bond donors (Lipinski definition) is 1. The Balaban J connectivity index is 2.92. The van der Waals surface area contributed by atoms with Crippen LogP contribution in [-0.4, -0.2) is 42.4 Å². The number of pyridine rings is 1. The maximum Gasteiger partial charge on any atom is 0.288 e. The molecule has 9 heteroatoms. The van der Waals surface area contributed by atoms with Crippen LogP contribution in [-0.2, 0) is 9.47 Å². The summed E-state index contributed by atoms with van der Waals surface area (Å²) in [6.45, 7) is 1.66. The Bertz CT molecular complexity index is 507. The van der Waals surface area contributed by atoms with Crippen molar-refractivity contribution in [2.75, 3.05) is 14.2 Å². The van der Waals surface area contributed by atoms with E-state index in [4.69, 9.17) is 21.1 Å². The molecule has 1 unspecified atom stereocenters. The molecule has 110 valence electrons. The summed E-state index contributed by atoms with van der Waals surface area (Å²) < 4.78 is 9.99. The molecular weight excluding hydrogens is 290 g/mol. The van der Waals surface area contributed by atoms with Crippen molar-refractivity contribution in [1.29, 1.82) is 0 Å². The summed E-state index contributed by atoms with van der Waals surface area (Å²) in [5.74, 6) is -0.599. The van der Waals surface area contributed by atoms with Crippen LogP contribution in [0.25, 0.3) is 0 Å². The monoisotopic (exact) mass is 303 g/mol. The fourth-order valence-corrected chi connectivity index (χ4v) is 1.74. The maximum atomic E-state index is 12.0. The van der Waals surface area contributed by atoms with E-state index in [1.165, 1.54) is 14.2 Å². The van der Waals surface area contributed by atoms with E-state index >= 15 is 0 Å². The molecule has 0 aliphatic carbocycles. The summed E-state index contributed by atoms with van der Waals surface area (Å²) in [5.41, 5.74) is -0.402. The van der Waals surface area contributed by atoms with Crippen molar-refractivity contribution in [2.24, 2.45) is 0 Å². The lowest BCUT2D eigenvalue weighted by Gasteiger charge is -2.22. The molecular formula is C11H14ClN3O5. The minimum atomic E-state index is -0.656. The first kappa shape index (κ1) is 16.3. The average Bonchev–Trinajstić information content (AvgIpc) is 2.40. The van der Waals surface area contributed by atoms with Crippen LogP contribution >= 0.6 is 11.6 Å². The molecule has 0 spiro atoms. The van der Waals surface area contributed by atoms with Gasteiger partial charge in [-0.2, -0.15) is 0 Å². The third-order valence-electron chi connectivity index (χ3n) is 2.51. The molecule has 0 aromatic carbocycles. The molecule has 1 atom stereocenters. The standard InChI is InChI=1S/C11H14ClN3O5/c1-6(11(19-2)20-3)14-10(16)8-4-7(15(17)18)5-13-9(8)12/h4-6,11H,1-3H3,(H,14,16). The first-order valence-corrected chi connectivity index (χ1v) is 5.94. The van der Waals surface area contributed by atoms with Gasteiger partial charge in [0.1, 0.15) is 11.3 Å². The van der Waals surface area contributed by atoms with Gasteiger partial charge in [0.2, 0.25) is 0 Å². The van der Waals surface area contributed by atoms with Crippen molar-refractivity contribution < 1.29 is 19.2 Å². The highest BCUT2D eigenvalue weighted by atomic mass is 35.5. The van der Waals surface area contributed by atoms with Crippen LogP contribution < -0.4 is 5.32 Å².